The van der Waals surface area contributed by atoms with E-state index in [1.807, 2.05) is 55.5 Å². The molecule has 0 saturated carbocycles. The lowest BCUT2D eigenvalue weighted by atomic mass is 9.98. The van der Waals surface area contributed by atoms with Crippen LogP contribution in [0.15, 0.2) is 58.1 Å². The molecule has 0 fully saturated rings. The number of nitrogens with zero attached hydrogens (tertiary/aromatic N) is 1. The van der Waals surface area contributed by atoms with Gasteiger partial charge in [0.1, 0.15) is 0 Å². The van der Waals surface area contributed by atoms with Gasteiger partial charge in [0.05, 0.1) is 21.9 Å². The molecule has 3 aromatic carbocycles. The molecule has 5 aromatic rings. The first kappa shape index (κ1) is 19.4. The predicted molar refractivity (Wildman–Crippen MR) is 131 cm³/mol. The molecule has 0 aliphatic carbocycles. The molecule has 0 spiro atoms. The molecular formula is C26H25N3O2. The van der Waals surface area contributed by atoms with Gasteiger partial charge in [0.2, 0.25) is 0 Å². The smallest absolute Gasteiger partial charge is 0.197 e. The molecule has 5 rings (SSSR count). The molecule has 2 heterocycles. The van der Waals surface area contributed by atoms with Crippen LogP contribution in [0.4, 0.5) is 5.69 Å². The number of aromatic nitrogens is 2. The first-order valence-electron chi connectivity index (χ1n) is 10.9. The summed E-state index contributed by atoms with van der Waals surface area (Å²) in [5, 5.41) is 2.59. The van der Waals surface area contributed by atoms with Gasteiger partial charge >= 0.3 is 0 Å². The van der Waals surface area contributed by atoms with Crippen LogP contribution in [0, 0.1) is 0 Å². The monoisotopic (exact) mass is 411 g/mol. The maximum absolute atomic E-state index is 13.6. The minimum absolute atomic E-state index is 0.00241. The zero-order valence-electron chi connectivity index (χ0n) is 18.0. The van der Waals surface area contributed by atoms with E-state index in [0.717, 1.165) is 40.9 Å². The predicted octanol–water partition coefficient (Wildman–Crippen LogP) is 5.08. The fraction of sp³-hybridized carbons (Fsp3) is 0.231. The van der Waals surface area contributed by atoms with Crippen LogP contribution < -0.4 is 15.8 Å². The van der Waals surface area contributed by atoms with Gasteiger partial charge in [-0.15, -0.1) is 0 Å². The number of pyridine rings is 2. The average Bonchev–Trinajstić information content (AvgIpc) is 2.79. The summed E-state index contributed by atoms with van der Waals surface area (Å²) in [4.78, 5) is 35.9. The molecule has 0 saturated heterocycles. The van der Waals surface area contributed by atoms with Crippen LogP contribution in [0.2, 0.25) is 0 Å². The fourth-order valence-electron chi connectivity index (χ4n) is 4.74. The summed E-state index contributed by atoms with van der Waals surface area (Å²) in [7, 11) is 0. The van der Waals surface area contributed by atoms with Crippen molar-refractivity contribution in [3.8, 4) is 0 Å². The highest BCUT2D eigenvalue weighted by Crippen LogP contribution is 2.28. The summed E-state index contributed by atoms with van der Waals surface area (Å²) in [5.41, 5.74) is 4.99. The molecule has 0 aliphatic heterocycles. The SMILES string of the molecule is CCc1c2[nH]c3ccccc3c(=O)c2cc2[nH]c3cc(N(CC)CC)ccc3c(=O)c12. The Morgan fingerprint density at radius 1 is 0.742 bits per heavy atom. The molecular weight excluding hydrogens is 386 g/mol. The van der Waals surface area contributed by atoms with Crippen molar-refractivity contribution >= 4 is 49.3 Å². The minimum Gasteiger partial charge on any atom is -0.372 e. The highest BCUT2D eigenvalue weighted by molar-refractivity contribution is 6.05. The Bertz CT molecular complexity index is 1590. The fourth-order valence-corrected chi connectivity index (χ4v) is 4.74. The van der Waals surface area contributed by atoms with Crippen molar-refractivity contribution in [3.05, 3.63) is 74.5 Å². The summed E-state index contributed by atoms with van der Waals surface area (Å²) < 4.78 is 0. The number of anilines is 1. The number of aromatic amines is 2. The molecule has 5 heteroatoms. The quantitative estimate of drug-likeness (QED) is 0.405. The van der Waals surface area contributed by atoms with Crippen LogP contribution in [0.5, 0.6) is 0 Å². The van der Waals surface area contributed by atoms with Crippen molar-refractivity contribution in [2.75, 3.05) is 18.0 Å². The van der Waals surface area contributed by atoms with Crippen LogP contribution in [0.3, 0.4) is 0 Å². The van der Waals surface area contributed by atoms with Gasteiger partial charge in [0.15, 0.2) is 10.9 Å². The average molecular weight is 412 g/mol. The first-order chi connectivity index (χ1) is 15.1. The van der Waals surface area contributed by atoms with Gasteiger partial charge in [-0.1, -0.05) is 19.1 Å². The van der Waals surface area contributed by atoms with Crippen molar-refractivity contribution < 1.29 is 0 Å². The zero-order valence-corrected chi connectivity index (χ0v) is 18.0. The lowest BCUT2D eigenvalue weighted by Crippen LogP contribution is -2.21. The third-order valence-corrected chi connectivity index (χ3v) is 6.33. The molecule has 2 aromatic heterocycles. The molecule has 2 N–H and O–H groups in total. The Kier molecular flexibility index (Phi) is 4.54. The summed E-state index contributed by atoms with van der Waals surface area (Å²) in [5.74, 6) is 0. The Hall–Kier alpha value is -3.60. The summed E-state index contributed by atoms with van der Waals surface area (Å²) in [6, 6.07) is 15.3. The number of hydrogen-bond donors (Lipinski definition) is 2. The van der Waals surface area contributed by atoms with E-state index < -0.39 is 0 Å². The van der Waals surface area contributed by atoms with Gasteiger partial charge < -0.3 is 14.9 Å². The molecule has 0 atom stereocenters. The van der Waals surface area contributed by atoms with Gasteiger partial charge in [-0.3, -0.25) is 9.59 Å². The van der Waals surface area contributed by atoms with E-state index in [1.54, 1.807) is 0 Å². The van der Waals surface area contributed by atoms with Crippen LogP contribution in [-0.4, -0.2) is 23.1 Å². The minimum atomic E-state index is -0.0150. The number of para-hydroxylation sites is 1. The van der Waals surface area contributed by atoms with Crippen LogP contribution in [-0.2, 0) is 6.42 Å². The van der Waals surface area contributed by atoms with E-state index in [9.17, 15) is 9.59 Å². The Balaban J connectivity index is 1.93. The van der Waals surface area contributed by atoms with Gasteiger partial charge in [0.25, 0.3) is 0 Å². The second kappa shape index (κ2) is 7.27. The van der Waals surface area contributed by atoms with E-state index in [2.05, 4.69) is 28.7 Å². The topological polar surface area (TPSA) is 69.0 Å². The number of hydrogen-bond acceptors (Lipinski definition) is 3. The molecule has 0 unspecified atom stereocenters. The third kappa shape index (κ3) is 2.84. The van der Waals surface area contributed by atoms with Gasteiger partial charge in [-0.25, -0.2) is 0 Å². The van der Waals surface area contributed by atoms with Crippen molar-refractivity contribution in [1.29, 1.82) is 0 Å². The summed E-state index contributed by atoms with van der Waals surface area (Å²) >= 11 is 0. The van der Waals surface area contributed by atoms with E-state index >= 15 is 0 Å². The molecule has 0 bridgehead atoms. The van der Waals surface area contributed by atoms with Crippen molar-refractivity contribution in [3.63, 3.8) is 0 Å². The lowest BCUT2D eigenvalue weighted by molar-refractivity contribution is 0.867. The zero-order chi connectivity index (χ0) is 21.7. The number of rotatable bonds is 4. The van der Waals surface area contributed by atoms with E-state index in [-0.39, 0.29) is 10.9 Å². The maximum Gasteiger partial charge on any atom is 0.197 e. The molecule has 156 valence electrons. The maximum atomic E-state index is 13.6. The first-order valence-corrected chi connectivity index (χ1v) is 10.9. The van der Waals surface area contributed by atoms with Gasteiger partial charge in [-0.2, -0.15) is 0 Å². The standard InChI is InChI=1S/C26H25N3O2/c1-4-16-23-22(14-19-24(16)28-20-10-8-7-9-17(20)25(19)30)27-21-13-15(29(5-2)6-3)11-12-18(21)26(23)31/h7-14H,4-6H2,1-3H3,(H,27,31)(H,28,30). The van der Waals surface area contributed by atoms with E-state index in [1.165, 1.54) is 0 Å². The van der Waals surface area contributed by atoms with E-state index in [0.29, 0.717) is 33.5 Å². The Morgan fingerprint density at radius 2 is 1.48 bits per heavy atom. The number of aryl methyl sites for hydroxylation is 1. The number of fused-ring (bicyclic) bond motifs is 4. The normalized spacial score (nSPS) is 11.7. The molecule has 0 radical (unpaired) electrons. The molecule has 0 amide bonds. The van der Waals surface area contributed by atoms with Gasteiger partial charge in [0, 0.05) is 40.5 Å². The lowest BCUT2D eigenvalue weighted by Gasteiger charge is -2.21. The Morgan fingerprint density at radius 3 is 2.23 bits per heavy atom. The second-order valence-electron chi connectivity index (χ2n) is 7.91. The van der Waals surface area contributed by atoms with Crippen molar-refractivity contribution in [2.45, 2.75) is 27.2 Å². The highest BCUT2D eigenvalue weighted by atomic mass is 16.1. The van der Waals surface area contributed by atoms with Crippen molar-refractivity contribution in [1.82, 2.24) is 9.97 Å². The van der Waals surface area contributed by atoms with Gasteiger partial charge in [-0.05, 0) is 62.2 Å². The molecule has 5 nitrogen and oxygen atoms in total. The number of nitrogens with one attached hydrogen (secondary N) is 2. The summed E-state index contributed by atoms with van der Waals surface area (Å²) in [6.45, 7) is 8.05. The third-order valence-electron chi connectivity index (χ3n) is 6.33. The Labute approximate surface area is 179 Å². The van der Waals surface area contributed by atoms with Crippen LogP contribution in [0.25, 0.3) is 43.6 Å². The summed E-state index contributed by atoms with van der Waals surface area (Å²) in [6.07, 6.45) is 0.647. The second-order valence-corrected chi connectivity index (χ2v) is 7.91. The van der Waals surface area contributed by atoms with E-state index in [4.69, 9.17) is 0 Å². The van der Waals surface area contributed by atoms with Crippen LogP contribution in [0.1, 0.15) is 26.3 Å². The largest absolute Gasteiger partial charge is 0.372 e. The number of benzene rings is 3. The highest BCUT2D eigenvalue weighted by Gasteiger charge is 2.16. The molecule has 0 aliphatic rings. The van der Waals surface area contributed by atoms with Crippen molar-refractivity contribution in [2.24, 2.45) is 0 Å². The molecule has 31 heavy (non-hydrogen) atoms. The number of H-pyrrole nitrogens is 2. The van der Waals surface area contributed by atoms with Crippen LogP contribution >= 0.6 is 0 Å².